The first-order valence-electron chi connectivity index (χ1n) is 7.20. The third-order valence-electron chi connectivity index (χ3n) is 4.89. The Balaban J connectivity index is 1.68. The number of rotatable bonds is 3. The zero-order valence-electron chi connectivity index (χ0n) is 11.5. The molecule has 2 fully saturated rings. The minimum atomic E-state index is 0.208. The predicted molar refractivity (Wildman–Crippen MR) is 72.4 cm³/mol. The van der Waals surface area contributed by atoms with E-state index >= 15 is 0 Å². The summed E-state index contributed by atoms with van der Waals surface area (Å²) in [4.78, 5) is 14.5. The molecule has 4 nitrogen and oxygen atoms in total. The Morgan fingerprint density at radius 2 is 2.47 bits per heavy atom. The Hall–Kier alpha value is -1.29. The smallest absolute Gasteiger partial charge is 0.223 e. The summed E-state index contributed by atoms with van der Waals surface area (Å²) in [6, 6.07) is 3.96. The van der Waals surface area contributed by atoms with E-state index in [9.17, 15) is 4.79 Å². The van der Waals surface area contributed by atoms with Crippen molar-refractivity contribution < 1.29 is 9.21 Å². The number of hydrogen-bond donors (Lipinski definition) is 1. The van der Waals surface area contributed by atoms with Crippen LogP contribution in [0.1, 0.15) is 31.4 Å². The number of nitrogens with zero attached hydrogens (tertiary/aromatic N) is 1. The Kier molecular flexibility index (Phi) is 3.35. The molecule has 0 bridgehead atoms. The van der Waals surface area contributed by atoms with Gasteiger partial charge in [-0.2, -0.15) is 0 Å². The Morgan fingerprint density at radius 3 is 3.21 bits per heavy atom. The molecule has 19 heavy (non-hydrogen) atoms. The van der Waals surface area contributed by atoms with E-state index in [1.165, 1.54) is 12.8 Å². The van der Waals surface area contributed by atoms with Gasteiger partial charge in [0.15, 0.2) is 0 Å². The molecule has 1 N–H and O–H groups in total. The number of furan rings is 1. The summed E-state index contributed by atoms with van der Waals surface area (Å²) in [5, 5.41) is 2.84. The molecule has 1 saturated carbocycles. The van der Waals surface area contributed by atoms with Gasteiger partial charge in [-0.1, -0.05) is 6.42 Å². The maximum Gasteiger partial charge on any atom is 0.223 e. The molecule has 2 heterocycles. The van der Waals surface area contributed by atoms with Gasteiger partial charge in [0, 0.05) is 19.5 Å². The average Bonchev–Trinajstić information content (AvgIpc) is 3.13. The number of amides is 1. The highest BCUT2D eigenvalue weighted by atomic mass is 16.3. The zero-order valence-corrected chi connectivity index (χ0v) is 11.5. The van der Waals surface area contributed by atoms with E-state index in [-0.39, 0.29) is 17.2 Å². The van der Waals surface area contributed by atoms with Crippen molar-refractivity contribution in [2.75, 3.05) is 20.1 Å². The van der Waals surface area contributed by atoms with Gasteiger partial charge in [-0.3, -0.25) is 9.69 Å². The number of nitrogens with one attached hydrogen (secondary N) is 1. The van der Waals surface area contributed by atoms with Crippen LogP contribution in [-0.2, 0) is 11.3 Å². The second-order valence-electron chi connectivity index (χ2n) is 5.96. The van der Waals surface area contributed by atoms with Crippen molar-refractivity contribution in [3.63, 3.8) is 0 Å². The molecule has 0 radical (unpaired) electrons. The van der Waals surface area contributed by atoms with Crippen molar-refractivity contribution in [3.8, 4) is 0 Å². The molecular formula is C15H22N2O2. The Morgan fingerprint density at radius 1 is 1.58 bits per heavy atom. The highest BCUT2D eigenvalue weighted by Crippen LogP contribution is 2.49. The first kappa shape index (κ1) is 12.7. The largest absolute Gasteiger partial charge is 0.468 e. The Labute approximate surface area is 114 Å². The fourth-order valence-corrected chi connectivity index (χ4v) is 3.95. The van der Waals surface area contributed by atoms with Gasteiger partial charge in [-0.05, 0) is 43.4 Å². The van der Waals surface area contributed by atoms with Crippen LogP contribution in [0.25, 0.3) is 0 Å². The highest BCUT2D eigenvalue weighted by Gasteiger charge is 2.49. The van der Waals surface area contributed by atoms with E-state index in [0.717, 1.165) is 38.2 Å². The molecule has 2 aliphatic rings. The number of carbonyl (C=O) groups excluding carboxylic acids is 1. The van der Waals surface area contributed by atoms with E-state index in [2.05, 4.69) is 10.2 Å². The van der Waals surface area contributed by atoms with Gasteiger partial charge >= 0.3 is 0 Å². The lowest BCUT2D eigenvalue weighted by molar-refractivity contribution is -0.127. The fraction of sp³-hybridized carbons (Fsp3) is 0.667. The van der Waals surface area contributed by atoms with Crippen molar-refractivity contribution in [2.24, 2.45) is 11.3 Å². The van der Waals surface area contributed by atoms with Crippen LogP contribution in [0, 0.1) is 11.3 Å². The van der Waals surface area contributed by atoms with E-state index in [0.29, 0.717) is 0 Å². The van der Waals surface area contributed by atoms with Crippen molar-refractivity contribution in [3.05, 3.63) is 24.2 Å². The second kappa shape index (κ2) is 5.00. The molecule has 104 valence electrons. The van der Waals surface area contributed by atoms with E-state index in [1.807, 2.05) is 12.1 Å². The summed E-state index contributed by atoms with van der Waals surface area (Å²) in [6.07, 6.45) is 6.30. The van der Waals surface area contributed by atoms with Crippen LogP contribution >= 0.6 is 0 Å². The molecular weight excluding hydrogens is 240 g/mol. The molecule has 1 spiro atoms. The van der Waals surface area contributed by atoms with E-state index in [1.54, 1.807) is 13.3 Å². The number of hydrogen-bond acceptors (Lipinski definition) is 3. The molecule has 4 heteroatoms. The summed E-state index contributed by atoms with van der Waals surface area (Å²) >= 11 is 0. The van der Waals surface area contributed by atoms with Gasteiger partial charge in [0.25, 0.3) is 0 Å². The molecule has 1 aliphatic heterocycles. The lowest BCUT2D eigenvalue weighted by Gasteiger charge is -2.30. The quantitative estimate of drug-likeness (QED) is 0.906. The van der Waals surface area contributed by atoms with Gasteiger partial charge < -0.3 is 9.73 Å². The van der Waals surface area contributed by atoms with E-state index in [4.69, 9.17) is 4.42 Å². The van der Waals surface area contributed by atoms with Crippen LogP contribution in [0.2, 0.25) is 0 Å². The van der Waals surface area contributed by atoms with E-state index < -0.39 is 0 Å². The van der Waals surface area contributed by atoms with Crippen LogP contribution in [0.5, 0.6) is 0 Å². The SMILES string of the molecule is CNC(=O)[C@@H]1CCC[C@@]12CCN(Cc1ccco1)C2. The van der Waals surface area contributed by atoms with Crippen LogP contribution in [-0.4, -0.2) is 30.9 Å². The Bertz CT molecular complexity index is 443. The van der Waals surface area contributed by atoms with Crippen molar-refractivity contribution in [1.82, 2.24) is 10.2 Å². The standard InChI is InChI=1S/C15H22N2O2/c1-16-14(18)13-5-2-6-15(13)7-8-17(11-15)10-12-4-3-9-19-12/h3-4,9,13H,2,5-8,10-11H2,1H3,(H,16,18)/t13-,15-/m0/s1. The predicted octanol–water partition coefficient (Wildman–Crippen LogP) is 2.02. The lowest BCUT2D eigenvalue weighted by atomic mass is 9.76. The van der Waals surface area contributed by atoms with Crippen LogP contribution in [0.4, 0.5) is 0 Å². The third-order valence-corrected chi connectivity index (χ3v) is 4.89. The summed E-state index contributed by atoms with van der Waals surface area (Å²) < 4.78 is 5.42. The number of carbonyl (C=O) groups is 1. The second-order valence-corrected chi connectivity index (χ2v) is 5.96. The average molecular weight is 262 g/mol. The fourth-order valence-electron chi connectivity index (χ4n) is 3.95. The molecule has 1 aromatic heterocycles. The summed E-state index contributed by atoms with van der Waals surface area (Å²) in [5.74, 6) is 1.46. The minimum Gasteiger partial charge on any atom is -0.468 e. The maximum absolute atomic E-state index is 12.1. The van der Waals surface area contributed by atoms with Gasteiger partial charge in [-0.25, -0.2) is 0 Å². The number of likely N-dealkylation sites (tertiary alicyclic amines) is 1. The normalized spacial score (nSPS) is 31.1. The molecule has 1 aliphatic carbocycles. The molecule has 0 aromatic carbocycles. The van der Waals surface area contributed by atoms with Crippen molar-refractivity contribution >= 4 is 5.91 Å². The molecule has 2 atom stereocenters. The first-order valence-corrected chi connectivity index (χ1v) is 7.20. The van der Waals surface area contributed by atoms with Crippen LogP contribution in [0.3, 0.4) is 0 Å². The highest BCUT2D eigenvalue weighted by molar-refractivity contribution is 5.79. The summed E-state index contributed by atoms with van der Waals surface area (Å²) in [7, 11) is 1.75. The lowest BCUT2D eigenvalue weighted by Crippen LogP contribution is -2.39. The van der Waals surface area contributed by atoms with Crippen molar-refractivity contribution in [1.29, 1.82) is 0 Å². The molecule has 3 rings (SSSR count). The van der Waals surface area contributed by atoms with Crippen LogP contribution < -0.4 is 5.32 Å². The van der Waals surface area contributed by atoms with Gasteiger partial charge in [0.05, 0.1) is 12.8 Å². The molecule has 1 amide bonds. The zero-order chi connectivity index (χ0) is 13.3. The van der Waals surface area contributed by atoms with Gasteiger partial charge in [-0.15, -0.1) is 0 Å². The molecule has 1 aromatic rings. The monoisotopic (exact) mass is 262 g/mol. The minimum absolute atomic E-state index is 0.208. The van der Waals surface area contributed by atoms with Crippen LogP contribution in [0.15, 0.2) is 22.8 Å². The summed E-state index contributed by atoms with van der Waals surface area (Å²) in [6.45, 7) is 2.98. The first-order chi connectivity index (χ1) is 9.23. The topological polar surface area (TPSA) is 45.5 Å². The maximum atomic E-state index is 12.1. The van der Waals surface area contributed by atoms with Gasteiger partial charge in [0.1, 0.15) is 5.76 Å². The third kappa shape index (κ3) is 2.29. The van der Waals surface area contributed by atoms with Gasteiger partial charge in [0.2, 0.25) is 5.91 Å². The summed E-state index contributed by atoms with van der Waals surface area (Å²) in [5.41, 5.74) is 0.215. The molecule has 0 unspecified atom stereocenters. The van der Waals surface area contributed by atoms with Crippen molar-refractivity contribution in [2.45, 2.75) is 32.2 Å². The molecule has 1 saturated heterocycles.